The summed E-state index contributed by atoms with van der Waals surface area (Å²) in [5, 5.41) is 4.83. The number of nitrogens with two attached hydrogens (primary N) is 1. The molecule has 9 aromatic rings. The second-order valence-corrected chi connectivity index (χ2v) is 16.0. The Bertz CT molecular complexity index is 3070. The van der Waals surface area contributed by atoms with Gasteiger partial charge in [-0.1, -0.05) is 172 Å². The first-order chi connectivity index (χ1) is 28.9. The van der Waals surface area contributed by atoms with E-state index >= 15 is 0 Å². The fourth-order valence-electron chi connectivity index (χ4n) is 8.83. The highest BCUT2D eigenvalue weighted by Gasteiger charge is 2.35. The molecule has 1 aliphatic carbocycles. The van der Waals surface area contributed by atoms with E-state index in [1.54, 1.807) is 6.20 Å². The first-order valence-electron chi connectivity index (χ1n) is 20.3. The monoisotopic (exact) mass is 757 g/mol. The Balaban J connectivity index is 0.976. The van der Waals surface area contributed by atoms with Crippen molar-refractivity contribution in [2.75, 3.05) is 0 Å². The van der Waals surface area contributed by atoms with E-state index in [1.165, 1.54) is 49.7 Å². The minimum atomic E-state index is -0.0500. The molecule has 0 fully saturated rings. The van der Waals surface area contributed by atoms with Crippen molar-refractivity contribution in [3.05, 3.63) is 228 Å². The summed E-state index contributed by atoms with van der Waals surface area (Å²) < 4.78 is 0. The molecule has 3 nitrogen and oxygen atoms in total. The minimum absolute atomic E-state index is 0.0500. The van der Waals surface area contributed by atoms with Crippen LogP contribution in [0.4, 0.5) is 0 Å². The SMILES string of the molecule is CC1(C)c2ccc(-c3ccc(-c4ccc(/C(N)=C/C(=NCc5ccccc5)c5ccc(-c6cccnc6)cc5)c5ccccc45)cc3)cc2-c2cc3ccccc3cc21. The van der Waals surface area contributed by atoms with Gasteiger partial charge in [0.15, 0.2) is 0 Å². The Kier molecular flexibility index (Phi) is 9.07. The summed E-state index contributed by atoms with van der Waals surface area (Å²) in [6, 6.07) is 65.2. The van der Waals surface area contributed by atoms with Gasteiger partial charge in [0.05, 0.1) is 12.3 Å². The van der Waals surface area contributed by atoms with Crippen LogP contribution in [-0.4, -0.2) is 10.7 Å². The van der Waals surface area contributed by atoms with Gasteiger partial charge in [0.1, 0.15) is 0 Å². The summed E-state index contributed by atoms with van der Waals surface area (Å²) in [6.07, 6.45) is 5.70. The van der Waals surface area contributed by atoms with Gasteiger partial charge in [0.2, 0.25) is 0 Å². The summed E-state index contributed by atoms with van der Waals surface area (Å²) in [4.78, 5) is 9.41. The van der Waals surface area contributed by atoms with Crippen molar-refractivity contribution in [3.8, 4) is 44.5 Å². The van der Waals surface area contributed by atoms with Crippen LogP contribution < -0.4 is 5.73 Å². The van der Waals surface area contributed by atoms with Crippen LogP contribution in [0.25, 0.3) is 71.7 Å². The summed E-state index contributed by atoms with van der Waals surface area (Å²) in [5.74, 6) is 0. The molecule has 0 spiro atoms. The zero-order valence-corrected chi connectivity index (χ0v) is 33.2. The summed E-state index contributed by atoms with van der Waals surface area (Å²) >= 11 is 0. The van der Waals surface area contributed by atoms with Gasteiger partial charge in [0, 0.05) is 29.1 Å². The second-order valence-electron chi connectivity index (χ2n) is 16.0. The molecule has 0 bridgehead atoms. The van der Waals surface area contributed by atoms with Crippen molar-refractivity contribution < 1.29 is 0 Å². The molecule has 0 radical (unpaired) electrons. The molecule has 0 saturated carbocycles. The van der Waals surface area contributed by atoms with Crippen molar-refractivity contribution in [1.29, 1.82) is 0 Å². The average Bonchev–Trinajstić information content (AvgIpc) is 3.51. The molecule has 0 amide bonds. The number of allylic oxidation sites excluding steroid dienone is 1. The lowest BCUT2D eigenvalue weighted by Gasteiger charge is -2.22. The fraction of sp³-hybridized carbons (Fsp3) is 0.0714. The van der Waals surface area contributed by atoms with Crippen LogP contribution in [0.15, 0.2) is 205 Å². The standard InChI is InChI=1S/C56H43N3/c1-56(2)52-29-26-44(32-50(52)51-31-42-13-6-7-14-43(42)33-53(51)56)38-18-22-40(23-19-38)46-27-28-49(48-17-9-8-16-47(46)48)54(57)34-55(59-35-37-11-4-3-5-12-37)41-24-20-39(21-25-41)45-15-10-30-58-36-45/h3-34,36H,35,57H2,1-2H3/b54-34-,59-55?. The van der Waals surface area contributed by atoms with Gasteiger partial charge in [-0.05, 0) is 119 Å². The Hall–Kier alpha value is -7.36. The maximum absolute atomic E-state index is 7.05. The van der Waals surface area contributed by atoms with Crippen molar-refractivity contribution >= 4 is 33.0 Å². The molecular formula is C56H43N3. The maximum Gasteiger partial charge on any atom is 0.0671 e. The first kappa shape index (κ1) is 36.0. The molecule has 0 unspecified atom stereocenters. The van der Waals surface area contributed by atoms with E-state index in [0.29, 0.717) is 12.2 Å². The molecule has 1 aliphatic rings. The second kappa shape index (κ2) is 14.9. The molecule has 59 heavy (non-hydrogen) atoms. The smallest absolute Gasteiger partial charge is 0.0671 e. The average molecular weight is 758 g/mol. The zero-order valence-electron chi connectivity index (χ0n) is 33.2. The lowest BCUT2D eigenvalue weighted by Crippen LogP contribution is -2.14. The van der Waals surface area contributed by atoms with Crippen LogP contribution >= 0.6 is 0 Å². The predicted molar refractivity (Wildman–Crippen MR) is 248 cm³/mol. The van der Waals surface area contributed by atoms with Crippen LogP contribution in [0.1, 0.15) is 41.7 Å². The predicted octanol–water partition coefficient (Wildman–Crippen LogP) is 13.7. The molecular weight excluding hydrogens is 715 g/mol. The Morgan fingerprint density at radius 1 is 0.542 bits per heavy atom. The number of aliphatic imine (C=N–C) groups is 1. The summed E-state index contributed by atoms with van der Waals surface area (Å²) in [5.41, 5.74) is 24.0. The van der Waals surface area contributed by atoms with E-state index in [1.807, 2.05) is 36.5 Å². The van der Waals surface area contributed by atoms with Gasteiger partial charge >= 0.3 is 0 Å². The molecule has 10 rings (SSSR count). The fourth-order valence-corrected chi connectivity index (χ4v) is 8.83. The largest absolute Gasteiger partial charge is 0.398 e. The topological polar surface area (TPSA) is 51.3 Å². The Morgan fingerprint density at radius 2 is 1.19 bits per heavy atom. The molecule has 1 aromatic heterocycles. The van der Waals surface area contributed by atoms with Crippen molar-refractivity contribution in [1.82, 2.24) is 4.98 Å². The van der Waals surface area contributed by atoms with E-state index < -0.39 is 0 Å². The highest BCUT2D eigenvalue weighted by Crippen LogP contribution is 2.51. The zero-order chi connectivity index (χ0) is 39.9. The minimum Gasteiger partial charge on any atom is -0.398 e. The molecule has 8 aromatic carbocycles. The van der Waals surface area contributed by atoms with E-state index in [0.717, 1.165) is 49.9 Å². The van der Waals surface area contributed by atoms with Crippen LogP contribution in [0.2, 0.25) is 0 Å². The van der Waals surface area contributed by atoms with Gasteiger partial charge < -0.3 is 5.73 Å². The molecule has 282 valence electrons. The molecule has 0 saturated heterocycles. The number of hydrogen-bond donors (Lipinski definition) is 1. The van der Waals surface area contributed by atoms with E-state index in [4.69, 9.17) is 10.7 Å². The number of fused-ring (bicyclic) bond motifs is 5. The number of rotatable bonds is 8. The maximum atomic E-state index is 7.05. The number of pyridine rings is 1. The molecule has 1 heterocycles. The van der Waals surface area contributed by atoms with E-state index in [2.05, 4.69) is 177 Å². The number of hydrogen-bond acceptors (Lipinski definition) is 3. The van der Waals surface area contributed by atoms with Crippen LogP contribution in [-0.2, 0) is 12.0 Å². The Morgan fingerprint density at radius 3 is 1.95 bits per heavy atom. The summed E-state index contributed by atoms with van der Waals surface area (Å²) in [7, 11) is 0. The van der Waals surface area contributed by atoms with Crippen LogP contribution in [0, 0.1) is 0 Å². The number of aromatic nitrogens is 1. The third kappa shape index (κ3) is 6.71. The number of benzene rings is 8. The van der Waals surface area contributed by atoms with Crippen molar-refractivity contribution in [3.63, 3.8) is 0 Å². The normalized spacial score (nSPS) is 13.4. The van der Waals surface area contributed by atoms with Crippen molar-refractivity contribution in [2.24, 2.45) is 10.7 Å². The third-order valence-electron chi connectivity index (χ3n) is 12.0. The third-order valence-corrected chi connectivity index (χ3v) is 12.0. The summed E-state index contributed by atoms with van der Waals surface area (Å²) in [6.45, 7) is 5.25. The molecule has 3 heteroatoms. The Labute approximate surface area is 345 Å². The van der Waals surface area contributed by atoms with Crippen LogP contribution in [0.5, 0.6) is 0 Å². The van der Waals surface area contributed by atoms with Gasteiger partial charge in [-0.2, -0.15) is 0 Å². The van der Waals surface area contributed by atoms with E-state index in [-0.39, 0.29) is 5.41 Å². The molecule has 0 aliphatic heterocycles. The highest BCUT2D eigenvalue weighted by molar-refractivity contribution is 6.14. The number of nitrogens with zero attached hydrogens (tertiary/aromatic N) is 2. The molecule has 0 atom stereocenters. The van der Waals surface area contributed by atoms with Gasteiger partial charge in [0.25, 0.3) is 0 Å². The van der Waals surface area contributed by atoms with Gasteiger partial charge in [-0.3, -0.25) is 9.98 Å². The quantitative estimate of drug-likeness (QED) is 0.157. The van der Waals surface area contributed by atoms with Gasteiger partial charge in [-0.25, -0.2) is 0 Å². The highest BCUT2D eigenvalue weighted by atomic mass is 14.7. The first-order valence-corrected chi connectivity index (χ1v) is 20.3. The van der Waals surface area contributed by atoms with E-state index in [9.17, 15) is 0 Å². The van der Waals surface area contributed by atoms with Crippen LogP contribution in [0.3, 0.4) is 0 Å². The van der Waals surface area contributed by atoms with Gasteiger partial charge in [-0.15, -0.1) is 0 Å². The lowest BCUT2D eigenvalue weighted by atomic mass is 9.81. The van der Waals surface area contributed by atoms with Crippen molar-refractivity contribution in [2.45, 2.75) is 25.8 Å². The lowest BCUT2D eigenvalue weighted by molar-refractivity contribution is 0.661. The molecule has 2 N–H and O–H groups in total.